The number of benzene rings is 1. The molecule has 2 N–H and O–H groups in total. The van der Waals surface area contributed by atoms with E-state index in [4.69, 9.17) is 5.11 Å². The zero-order valence-corrected chi connectivity index (χ0v) is 11.0. The van der Waals surface area contributed by atoms with Crippen molar-refractivity contribution in [2.75, 3.05) is 6.61 Å². The summed E-state index contributed by atoms with van der Waals surface area (Å²) in [4.78, 5) is 11.4. The average molecular weight is 250 g/mol. The summed E-state index contributed by atoms with van der Waals surface area (Å²) in [6.07, 6.45) is 6.62. The molecule has 0 aliphatic rings. The van der Waals surface area contributed by atoms with Crippen LogP contribution in [0.2, 0.25) is 0 Å². The van der Waals surface area contributed by atoms with Crippen molar-refractivity contribution in [1.82, 2.24) is 0 Å². The average Bonchev–Trinajstić information content (AvgIpc) is 2.39. The molecule has 0 radical (unpaired) electrons. The van der Waals surface area contributed by atoms with Crippen molar-refractivity contribution < 1.29 is 15.0 Å². The lowest BCUT2D eigenvalue weighted by Gasteiger charge is -2.06. The molecule has 3 nitrogen and oxygen atoms in total. The van der Waals surface area contributed by atoms with Gasteiger partial charge in [-0.2, -0.15) is 0 Å². The van der Waals surface area contributed by atoms with E-state index in [1.807, 2.05) is 0 Å². The summed E-state index contributed by atoms with van der Waals surface area (Å²) in [5, 5.41) is 18.5. The van der Waals surface area contributed by atoms with Gasteiger partial charge >= 0.3 is 0 Å². The number of unbranched alkanes of at least 4 members (excludes halogenated alkanes) is 4. The minimum Gasteiger partial charge on any atom is -0.508 e. The number of phenols is 1. The van der Waals surface area contributed by atoms with E-state index in [1.54, 1.807) is 12.1 Å². The van der Waals surface area contributed by atoms with Gasteiger partial charge in [0.05, 0.1) is 0 Å². The lowest BCUT2D eigenvalue weighted by molar-refractivity contribution is 0.0903. The Morgan fingerprint density at radius 1 is 1.17 bits per heavy atom. The number of rotatable bonds is 8. The maximum absolute atomic E-state index is 11.4. The molecule has 0 saturated carbocycles. The Bertz CT molecular complexity index is 385. The first-order valence-electron chi connectivity index (χ1n) is 6.65. The third-order valence-electron chi connectivity index (χ3n) is 3.09. The van der Waals surface area contributed by atoms with Crippen molar-refractivity contribution in [2.24, 2.45) is 0 Å². The van der Waals surface area contributed by atoms with Gasteiger partial charge in [0.25, 0.3) is 0 Å². The van der Waals surface area contributed by atoms with Gasteiger partial charge in [0.15, 0.2) is 5.78 Å². The molecule has 0 heterocycles. The number of hydrogen-bond acceptors (Lipinski definition) is 3. The first-order chi connectivity index (χ1) is 8.69. The minimum absolute atomic E-state index is 0.236. The van der Waals surface area contributed by atoms with Crippen LogP contribution in [0.5, 0.6) is 5.75 Å². The number of aliphatic hydroxyl groups excluding tert-OH is 1. The van der Waals surface area contributed by atoms with Crippen molar-refractivity contribution in [1.29, 1.82) is 0 Å². The topological polar surface area (TPSA) is 57.5 Å². The summed E-state index contributed by atoms with van der Waals surface area (Å²) in [6.45, 7) is 1.69. The van der Waals surface area contributed by atoms with Gasteiger partial charge in [0, 0.05) is 5.56 Å². The van der Waals surface area contributed by atoms with Crippen LogP contribution in [0.15, 0.2) is 18.2 Å². The lowest BCUT2D eigenvalue weighted by Crippen LogP contribution is -2.04. The molecule has 18 heavy (non-hydrogen) atoms. The second-order valence-electron chi connectivity index (χ2n) is 4.59. The molecule has 0 aromatic heterocycles. The fourth-order valence-corrected chi connectivity index (χ4v) is 1.97. The summed E-state index contributed by atoms with van der Waals surface area (Å²) < 4.78 is 0. The van der Waals surface area contributed by atoms with Crippen molar-refractivity contribution >= 4 is 5.78 Å². The summed E-state index contributed by atoms with van der Waals surface area (Å²) in [6, 6.07) is 4.77. The quantitative estimate of drug-likeness (QED) is 0.550. The number of aryl methyl sites for hydroxylation is 1. The first-order valence-corrected chi connectivity index (χ1v) is 6.65. The second-order valence-corrected chi connectivity index (χ2v) is 4.59. The Morgan fingerprint density at radius 2 is 1.89 bits per heavy atom. The fourth-order valence-electron chi connectivity index (χ4n) is 1.97. The highest BCUT2D eigenvalue weighted by atomic mass is 16.3. The highest BCUT2D eigenvalue weighted by Gasteiger charge is 2.08. The highest BCUT2D eigenvalue weighted by molar-refractivity contribution is 5.97. The zero-order valence-electron chi connectivity index (χ0n) is 11.0. The molecule has 0 amide bonds. The van der Waals surface area contributed by atoms with Crippen LogP contribution in [0, 0.1) is 0 Å². The summed E-state index contributed by atoms with van der Waals surface area (Å²) >= 11 is 0. The van der Waals surface area contributed by atoms with E-state index in [0.717, 1.165) is 24.8 Å². The van der Waals surface area contributed by atoms with E-state index in [0.29, 0.717) is 5.56 Å². The number of carbonyl (C=O) groups excluding carboxylic acids is 1. The Morgan fingerprint density at radius 3 is 2.56 bits per heavy atom. The van der Waals surface area contributed by atoms with Crippen LogP contribution in [0.3, 0.4) is 0 Å². The van der Waals surface area contributed by atoms with Crippen LogP contribution in [0.25, 0.3) is 0 Å². The highest BCUT2D eigenvalue weighted by Crippen LogP contribution is 2.21. The number of ketones is 1. The van der Waals surface area contributed by atoms with Crippen LogP contribution in [-0.2, 0) is 6.42 Å². The molecule has 100 valence electrons. The Labute approximate surface area is 108 Å². The lowest BCUT2D eigenvalue weighted by atomic mass is 10.0. The van der Waals surface area contributed by atoms with Gasteiger partial charge in [-0.15, -0.1) is 0 Å². The standard InChI is InChI=1S/C15H22O3/c1-2-3-4-5-6-7-12-10-13(15(18)11-16)8-9-14(12)17/h8-10,16-17H,2-7,11H2,1H3. The van der Waals surface area contributed by atoms with E-state index in [2.05, 4.69) is 6.92 Å². The summed E-state index contributed by atoms with van der Waals surface area (Å²) in [5.74, 6) is -0.0674. The SMILES string of the molecule is CCCCCCCc1cc(C(=O)CO)ccc1O. The van der Waals surface area contributed by atoms with Crippen molar-refractivity contribution in [3.63, 3.8) is 0 Å². The molecule has 1 aromatic rings. The van der Waals surface area contributed by atoms with E-state index in [1.165, 1.54) is 25.3 Å². The number of aliphatic hydroxyl groups is 1. The number of phenolic OH excluding ortho intramolecular Hbond substituents is 1. The number of aromatic hydroxyl groups is 1. The van der Waals surface area contributed by atoms with Gasteiger partial charge in [-0.05, 0) is 36.6 Å². The first kappa shape index (κ1) is 14.7. The van der Waals surface area contributed by atoms with E-state index >= 15 is 0 Å². The summed E-state index contributed by atoms with van der Waals surface area (Å²) in [5.41, 5.74) is 1.27. The Balaban J connectivity index is 2.56. The zero-order chi connectivity index (χ0) is 13.4. The van der Waals surface area contributed by atoms with Crippen molar-refractivity contribution in [3.05, 3.63) is 29.3 Å². The molecule has 0 aliphatic carbocycles. The van der Waals surface area contributed by atoms with Gasteiger partial charge in [-0.1, -0.05) is 32.6 Å². The molecule has 0 saturated heterocycles. The molecule has 0 atom stereocenters. The predicted molar refractivity (Wildman–Crippen MR) is 72.0 cm³/mol. The number of hydrogen-bond donors (Lipinski definition) is 2. The van der Waals surface area contributed by atoms with Crippen LogP contribution in [0.4, 0.5) is 0 Å². The largest absolute Gasteiger partial charge is 0.508 e. The van der Waals surface area contributed by atoms with E-state index in [-0.39, 0.29) is 11.5 Å². The normalized spacial score (nSPS) is 10.6. The van der Waals surface area contributed by atoms with Crippen LogP contribution in [-0.4, -0.2) is 22.6 Å². The number of Topliss-reactive ketones (excluding diaryl/α,β-unsaturated/α-hetero) is 1. The monoisotopic (exact) mass is 250 g/mol. The van der Waals surface area contributed by atoms with Gasteiger partial charge in [0.2, 0.25) is 0 Å². The molecule has 1 rings (SSSR count). The Kier molecular flexibility index (Phi) is 6.44. The van der Waals surface area contributed by atoms with E-state index < -0.39 is 6.61 Å². The molecular weight excluding hydrogens is 228 g/mol. The summed E-state index contributed by atoms with van der Waals surface area (Å²) in [7, 11) is 0. The molecule has 0 bridgehead atoms. The van der Waals surface area contributed by atoms with Gasteiger partial charge in [-0.3, -0.25) is 4.79 Å². The van der Waals surface area contributed by atoms with Gasteiger partial charge in [-0.25, -0.2) is 0 Å². The van der Waals surface area contributed by atoms with Gasteiger partial charge in [0.1, 0.15) is 12.4 Å². The molecule has 0 aliphatic heterocycles. The fraction of sp³-hybridized carbons (Fsp3) is 0.533. The van der Waals surface area contributed by atoms with Crippen molar-refractivity contribution in [3.8, 4) is 5.75 Å². The number of carbonyl (C=O) groups is 1. The third kappa shape index (κ3) is 4.49. The van der Waals surface area contributed by atoms with Crippen molar-refractivity contribution in [2.45, 2.75) is 45.4 Å². The third-order valence-corrected chi connectivity index (χ3v) is 3.09. The molecule has 0 unspecified atom stereocenters. The second kappa shape index (κ2) is 7.88. The molecule has 0 spiro atoms. The van der Waals surface area contributed by atoms with Crippen LogP contribution >= 0.6 is 0 Å². The maximum Gasteiger partial charge on any atom is 0.188 e. The van der Waals surface area contributed by atoms with E-state index in [9.17, 15) is 9.90 Å². The van der Waals surface area contributed by atoms with Crippen LogP contribution < -0.4 is 0 Å². The van der Waals surface area contributed by atoms with Gasteiger partial charge < -0.3 is 10.2 Å². The molecular formula is C15H22O3. The molecule has 1 aromatic carbocycles. The Hall–Kier alpha value is -1.35. The molecule has 3 heteroatoms. The smallest absolute Gasteiger partial charge is 0.188 e. The van der Waals surface area contributed by atoms with Crippen LogP contribution in [0.1, 0.15) is 54.9 Å². The molecule has 0 fully saturated rings. The minimum atomic E-state index is -0.485. The predicted octanol–water partition coefficient (Wildman–Crippen LogP) is 3.08. The maximum atomic E-state index is 11.4.